The molecule has 2 aliphatic heterocycles. The summed E-state index contributed by atoms with van der Waals surface area (Å²) >= 11 is 0. The van der Waals surface area contributed by atoms with Crippen LogP contribution in [-0.4, -0.2) is 37.5 Å². The van der Waals surface area contributed by atoms with E-state index < -0.39 is 6.04 Å². The molecule has 0 aliphatic carbocycles. The first-order valence-electron chi connectivity index (χ1n) is 9.20. The Labute approximate surface area is 164 Å². The number of hydrogen-bond acceptors (Lipinski definition) is 3. The quantitative estimate of drug-likeness (QED) is 0.893. The van der Waals surface area contributed by atoms with Gasteiger partial charge in [0.15, 0.2) is 0 Å². The molecule has 0 spiro atoms. The molecule has 0 saturated carbocycles. The van der Waals surface area contributed by atoms with Crippen LogP contribution in [0.4, 0.5) is 10.5 Å². The number of carbonyl (C=O) groups excluding carboxylic acids is 2. The van der Waals surface area contributed by atoms with E-state index in [1.54, 1.807) is 19.1 Å². The summed E-state index contributed by atoms with van der Waals surface area (Å²) in [6, 6.07) is 12.8. The topological polar surface area (TPSA) is 61.9 Å². The largest absolute Gasteiger partial charge is 0.497 e. The van der Waals surface area contributed by atoms with Crippen LogP contribution in [0.5, 0.6) is 5.75 Å². The first-order valence-corrected chi connectivity index (χ1v) is 9.20. The van der Waals surface area contributed by atoms with Crippen molar-refractivity contribution in [1.29, 1.82) is 0 Å². The van der Waals surface area contributed by atoms with E-state index in [0.717, 1.165) is 33.8 Å². The number of methoxy groups -OCH3 is 1. The van der Waals surface area contributed by atoms with Crippen LogP contribution in [-0.2, 0) is 4.79 Å². The summed E-state index contributed by atoms with van der Waals surface area (Å²) in [7, 11) is 3.31. The normalized spacial score (nSPS) is 19.1. The minimum Gasteiger partial charge on any atom is -0.497 e. The average molecular weight is 377 g/mol. The highest BCUT2D eigenvalue weighted by atomic mass is 16.5. The number of nitrogens with zero attached hydrogens (tertiary/aromatic N) is 2. The number of likely N-dealkylation sites (N-methyl/N-ethyl adjacent to an activating group) is 1. The highest BCUT2D eigenvalue weighted by Gasteiger charge is 2.43. The van der Waals surface area contributed by atoms with Gasteiger partial charge in [0.05, 0.1) is 31.0 Å². The third-order valence-corrected chi connectivity index (χ3v) is 5.33. The van der Waals surface area contributed by atoms with Gasteiger partial charge in [0, 0.05) is 12.7 Å². The van der Waals surface area contributed by atoms with Gasteiger partial charge in [-0.05, 0) is 54.8 Å². The molecular weight excluding hydrogens is 354 g/mol. The molecule has 0 aromatic heterocycles. The Kier molecular flexibility index (Phi) is 4.34. The van der Waals surface area contributed by atoms with E-state index in [4.69, 9.17) is 4.74 Å². The lowest BCUT2D eigenvalue weighted by Crippen LogP contribution is -2.45. The first kappa shape index (κ1) is 18.1. The summed E-state index contributed by atoms with van der Waals surface area (Å²) in [6.45, 7) is 4.41. The fraction of sp³-hybridized carbons (Fsp3) is 0.273. The zero-order chi connectivity index (χ0) is 20.0. The number of ether oxygens (including phenoxy) is 1. The number of benzene rings is 2. The van der Waals surface area contributed by atoms with Crippen molar-refractivity contribution in [2.24, 2.45) is 0 Å². The Bertz CT molecular complexity index is 974. The number of aryl methyl sites for hydroxylation is 2. The minimum absolute atomic E-state index is 0.0762. The van der Waals surface area contributed by atoms with E-state index >= 15 is 0 Å². The number of amides is 3. The lowest BCUT2D eigenvalue weighted by Gasteiger charge is -2.31. The Morgan fingerprint density at radius 3 is 2.29 bits per heavy atom. The molecule has 0 saturated heterocycles. The number of carbonyl (C=O) groups is 2. The summed E-state index contributed by atoms with van der Waals surface area (Å²) in [4.78, 5) is 29.2. The number of rotatable bonds is 3. The van der Waals surface area contributed by atoms with Crippen LogP contribution in [0.15, 0.2) is 53.7 Å². The van der Waals surface area contributed by atoms with Crippen LogP contribution < -0.4 is 15.0 Å². The van der Waals surface area contributed by atoms with Crippen LogP contribution >= 0.6 is 0 Å². The summed E-state index contributed by atoms with van der Waals surface area (Å²) in [5, 5.41) is 2.96. The molecule has 0 radical (unpaired) electrons. The van der Waals surface area contributed by atoms with Crippen molar-refractivity contribution in [3.63, 3.8) is 0 Å². The summed E-state index contributed by atoms with van der Waals surface area (Å²) in [5.41, 5.74) is 5.26. The van der Waals surface area contributed by atoms with Crippen LogP contribution in [0.2, 0.25) is 0 Å². The number of urea groups is 1. The lowest BCUT2D eigenvalue weighted by molar-refractivity contribution is -0.114. The standard InChI is InChI=1S/C22H23N3O3/c1-13-9-14(2)11-16(10-13)25-12-18-19(21(25)26)20(23-22(27)24(18)3)15-5-7-17(28-4)8-6-15/h5-11,20H,12H2,1-4H3,(H,23,27)/t20-/m0/s1. The molecule has 6 nitrogen and oxygen atoms in total. The van der Waals surface area contributed by atoms with Gasteiger partial charge in [0.25, 0.3) is 5.91 Å². The van der Waals surface area contributed by atoms with Crippen LogP contribution in [0.3, 0.4) is 0 Å². The van der Waals surface area contributed by atoms with Crippen molar-refractivity contribution < 1.29 is 14.3 Å². The molecule has 1 atom stereocenters. The van der Waals surface area contributed by atoms with Crippen molar-refractivity contribution in [1.82, 2.24) is 10.2 Å². The molecule has 2 heterocycles. The molecule has 3 amide bonds. The second-order valence-corrected chi connectivity index (χ2v) is 7.31. The van der Waals surface area contributed by atoms with Gasteiger partial charge in [-0.3, -0.25) is 9.69 Å². The SMILES string of the molecule is COc1ccc([C@@H]2NC(=O)N(C)C3=C2C(=O)N(c2cc(C)cc(C)c2)C3)cc1. The monoisotopic (exact) mass is 377 g/mol. The highest BCUT2D eigenvalue weighted by Crippen LogP contribution is 2.38. The van der Waals surface area contributed by atoms with Crippen LogP contribution in [0, 0.1) is 13.8 Å². The molecule has 2 aromatic rings. The fourth-order valence-electron chi connectivity index (χ4n) is 3.93. The smallest absolute Gasteiger partial charge is 0.322 e. The van der Waals surface area contributed by atoms with Crippen molar-refractivity contribution in [3.8, 4) is 5.75 Å². The van der Waals surface area contributed by atoms with Gasteiger partial charge in [-0.1, -0.05) is 18.2 Å². The Morgan fingerprint density at radius 1 is 1.04 bits per heavy atom. The maximum atomic E-state index is 13.4. The van der Waals surface area contributed by atoms with Gasteiger partial charge in [-0.15, -0.1) is 0 Å². The van der Waals surface area contributed by atoms with Gasteiger partial charge in [-0.25, -0.2) is 4.79 Å². The molecule has 6 heteroatoms. The molecule has 28 heavy (non-hydrogen) atoms. The Hall–Kier alpha value is -3.28. The molecule has 0 unspecified atom stereocenters. The van der Waals surface area contributed by atoms with E-state index in [1.165, 1.54) is 4.90 Å². The molecular formula is C22H23N3O3. The van der Waals surface area contributed by atoms with Gasteiger partial charge in [-0.2, -0.15) is 0 Å². The third kappa shape index (κ3) is 2.91. The molecule has 4 rings (SSSR count). The predicted molar refractivity (Wildman–Crippen MR) is 107 cm³/mol. The predicted octanol–water partition coefficient (Wildman–Crippen LogP) is 3.31. The maximum Gasteiger partial charge on any atom is 0.322 e. The van der Waals surface area contributed by atoms with Crippen LogP contribution in [0.1, 0.15) is 22.7 Å². The van der Waals surface area contributed by atoms with Crippen molar-refractivity contribution in [2.45, 2.75) is 19.9 Å². The van der Waals surface area contributed by atoms with Crippen molar-refractivity contribution in [2.75, 3.05) is 25.6 Å². The summed E-state index contributed by atoms with van der Waals surface area (Å²) in [6.07, 6.45) is 0. The fourth-order valence-corrected chi connectivity index (χ4v) is 3.93. The van der Waals surface area contributed by atoms with Gasteiger partial charge >= 0.3 is 6.03 Å². The van der Waals surface area contributed by atoms with Gasteiger partial charge < -0.3 is 15.0 Å². The van der Waals surface area contributed by atoms with E-state index in [9.17, 15) is 9.59 Å². The number of anilines is 1. The van der Waals surface area contributed by atoms with E-state index in [-0.39, 0.29) is 11.9 Å². The second-order valence-electron chi connectivity index (χ2n) is 7.31. The zero-order valence-electron chi connectivity index (χ0n) is 16.4. The van der Waals surface area contributed by atoms with Crippen molar-refractivity contribution in [3.05, 3.63) is 70.4 Å². The third-order valence-electron chi connectivity index (χ3n) is 5.33. The summed E-state index contributed by atoms with van der Waals surface area (Å²) < 4.78 is 5.22. The Morgan fingerprint density at radius 2 is 1.68 bits per heavy atom. The molecule has 1 N–H and O–H groups in total. The maximum absolute atomic E-state index is 13.4. The van der Waals surface area contributed by atoms with E-state index in [2.05, 4.69) is 11.4 Å². The first-order chi connectivity index (χ1) is 13.4. The molecule has 144 valence electrons. The molecule has 2 aliphatic rings. The molecule has 0 bridgehead atoms. The highest BCUT2D eigenvalue weighted by molar-refractivity contribution is 6.11. The van der Waals surface area contributed by atoms with E-state index in [0.29, 0.717) is 12.1 Å². The Balaban J connectivity index is 1.75. The van der Waals surface area contributed by atoms with Gasteiger partial charge in [0.2, 0.25) is 0 Å². The van der Waals surface area contributed by atoms with Gasteiger partial charge in [0.1, 0.15) is 5.75 Å². The van der Waals surface area contributed by atoms with Crippen molar-refractivity contribution >= 4 is 17.6 Å². The lowest BCUT2D eigenvalue weighted by atomic mass is 9.95. The number of nitrogens with one attached hydrogen (secondary N) is 1. The molecule has 2 aromatic carbocycles. The van der Waals surface area contributed by atoms with Crippen LogP contribution in [0.25, 0.3) is 0 Å². The number of hydrogen-bond donors (Lipinski definition) is 1. The second kappa shape index (κ2) is 6.71. The summed E-state index contributed by atoms with van der Waals surface area (Å²) in [5.74, 6) is 0.652. The van der Waals surface area contributed by atoms with E-state index in [1.807, 2.05) is 50.2 Å². The molecule has 0 fully saturated rings. The minimum atomic E-state index is -0.479. The average Bonchev–Trinajstić information content (AvgIpc) is 3.02. The zero-order valence-corrected chi connectivity index (χ0v) is 16.4.